The van der Waals surface area contributed by atoms with E-state index in [9.17, 15) is 9.59 Å². The van der Waals surface area contributed by atoms with Gasteiger partial charge in [-0.2, -0.15) is 5.10 Å². The van der Waals surface area contributed by atoms with E-state index in [0.717, 1.165) is 70.2 Å². The van der Waals surface area contributed by atoms with Crippen LogP contribution in [0.15, 0.2) is 24.5 Å². The quantitative estimate of drug-likeness (QED) is 0.743. The van der Waals surface area contributed by atoms with Gasteiger partial charge in [0.25, 0.3) is 5.91 Å². The van der Waals surface area contributed by atoms with Crippen LogP contribution in [0.25, 0.3) is 5.52 Å². The molecule has 0 radical (unpaired) electrons. The molecule has 6 heteroatoms. The number of hydrogen-bond donors (Lipinski definition) is 0. The second-order valence-corrected chi connectivity index (χ2v) is 9.64. The molecule has 3 aliphatic rings. The average Bonchev–Trinajstić information content (AvgIpc) is 3.27. The van der Waals surface area contributed by atoms with Gasteiger partial charge >= 0.3 is 0 Å². The van der Waals surface area contributed by atoms with E-state index < -0.39 is 0 Å². The summed E-state index contributed by atoms with van der Waals surface area (Å²) in [4.78, 5) is 30.0. The zero-order valence-electron chi connectivity index (χ0n) is 18.5. The summed E-state index contributed by atoms with van der Waals surface area (Å²) >= 11 is 0. The standard InChI is InChI=1S/C25H34N4O2/c30-24(20-7-3-1-4-8-20)28-14-9-19(10-15-28)21-11-16-29-23(17-21)22(18-26-29)25(31)27-12-5-2-6-13-27/h11,16-20H,1-10,12-15H2. The summed E-state index contributed by atoms with van der Waals surface area (Å²) in [5, 5.41) is 4.42. The van der Waals surface area contributed by atoms with Crippen LogP contribution in [-0.4, -0.2) is 57.4 Å². The van der Waals surface area contributed by atoms with E-state index in [1.807, 2.05) is 15.6 Å². The van der Waals surface area contributed by atoms with Gasteiger partial charge in [0.2, 0.25) is 5.91 Å². The van der Waals surface area contributed by atoms with Gasteiger partial charge in [0, 0.05) is 38.3 Å². The van der Waals surface area contributed by atoms with Crippen molar-refractivity contribution >= 4 is 17.3 Å². The van der Waals surface area contributed by atoms with Crippen molar-refractivity contribution in [3.05, 3.63) is 35.7 Å². The summed E-state index contributed by atoms with van der Waals surface area (Å²) in [5.41, 5.74) is 2.90. The molecule has 2 saturated heterocycles. The highest BCUT2D eigenvalue weighted by molar-refractivity contribution is 6.00. The number of nitrogens with zero attached hydrogens (tertiary/aromatic N) is 4. The number of rotatable bonds is 3. The van der Waals surface area contributed by atoms with Gasteiger partial charge in [-0.25, -0.2) is 4.52 Å². The largest absolute Gasteiger partial charge is 0.342 e. The highest BCUT2D eigenvalue weighted by atomic mass is 16.2. The lowest BCUT2D eigenvalue weighted by Crippen LogP contribution is -2.41. The van der Waals surface area contributed by atoms with E-state index in [2.05, 4.69) is 22.1 Å². The van der Waals surface area contributed by atoms with Crippen molar-refractivity contribution in [2.24, 2.45) is 5.92 Å². The third-order valence-electron chi connectivity index (χ3n) is 7.65. The lowest BCUT2D eigenvalue weighted by atomic mass is 9.86. The van der Waals surface area contributed by atoms with Gasteiger partial charge in [-0.15, -0.1) is 0 Å². The summed E-state index contributed by atoms with van der Waals surface area (Å²) in [5.74, 6) is 1.20. The fraction of sp³-hybridized carbons (Fsp3) is 0.640. The molecule has 0 spiro atoms. The number of piperidine rings is 2. The topological polar surface area (TPSA) is 57.9 Å². The van der Waals surface area contributed by atoms with E-state index in [4.69, 9.17) is 0 Å². The normalized spacial score (nSPS) is 21.5. The first-order valence-corrected chi connectivity index (χ1v) is 12.3. The highest BCUT2D eigenvalue weighted by Gasteiger charge is 2.30. The molecule has 0 aromatic carbocycles. The molecule has 0 bridgehead atoms. The number of pyridine rings is 1. The molecule has 31 heavy (non-hydrogen) atoms. The molecule has 3 fully saturated rings. The number of fused-ring (bicyclic) bond motifs is 1. The van der Waals surface area contributed by atoms with Gasteiger partial charge in [0.15, 0.2) is 0 Å². The molecule has 6 nitrogen and oxygen atoms in total. The smallest absolute Gasteiger partial charge is 0.257 e. The molecular weight excluding hydrogens is 388 g/mol. The van der Waals surface area contributed by atoms with Crippen LogP contribution in [0.4, 0.5) is 0 Å². The SMILES string of the molecule is O=C(c1cnn2ccc(C3CCN(C(=O)C4CCCCC4)CC3)cc12)N1CCCCC1. The number of hydrogen-bond acceptors (Lipinski definition) is 3. The van der Waals surface area contributed by atoms with Crippen LogP contribution in [0.1, 0.15) is 86.0 Å². The summed E-state index contributed by atoms with van der Waals surface area (Å²) in [6.07, 6.45) is 14.9. The number of likely N-dealkylation sites (tertiary alicyclic amines) is 2. The molecular formula is C25H34N4O2. The summed E-state index contributed by atoms with van der Waals surface area (Å²) in [7, 11) is 0. The van der Waals surface area contributed by atoms with Crippen molar-refractivity contribution in [3.8, 4) is 0 Å². The minimum Gasteiger partial charge on any atom is -0.342 e. The van der Waals surface area contributed by atoms with E-state index in [0.29, 0.717) is 17.4 Å². The second-order valence-electron chi connectivity index (χ2n) is 9.64. The summed E-state index contributed by atoms with van der Waals surface area (Å²) in [6.45, 7) is 3.40. The minimum absolute atomic E-state index is 0.111. The molecule has 0 unspecified atom stereocenters. The Hall–Kier alpha value is -2.37. The Morgan fingerprint density at radius 2 is 1.55 bits per heavy atom. The molecule has 1 saturated carbocycles. The van der Waals surface area contributed by atoms with Gasteiger partial charge in [-0.1, -0.05) is 19.3 Å². The lowest BCUT2D eigenvalue weighted by Gasteiger charge is -2.35. The Balaban J connectivity index is 1.27. The number of amides is 2. The van der Waals surface area contributed by atoms with Gasteiger partial charge in [0.1, 0.15) is 0 Å². The molecule has 166 valence electrons. The van der Waals surface area contributed by atoms with Gasteiger partial charge < -0.3 is 9.80 Å². The molecule has 5 rings (SSSR count). The molecule has 0 N–H and O–H groups in total. The van der Waals surface area contributed by atoms with Crippen LogP contribution < -0.4 is 0 Å². The third kappa shape index (κ3) is 4.21. The van der Waals surface area contributed by atoms with Crippen molar-refractivity contribution in [2.75, 3.05) is 26.2 Å². The van der Waals surface area contributed by atoms with Gasteiger partial charge in [-0.3, -0.25) is 9.59 Å². The maximum atomic E-state index is 13.1. The average molecular weight is 423 g/mol. The van der Waals surface area contributed by atoms with Crippen molar-refractivity contribution in [3.63, 3.8) is 0 Å². The highest BCUT2D eigenvalue weighted by Crippen LogP contribution is 2.32. The first-order chi connectivity index (χ1) is 15.2. The summed E-state index contributed by atoms with van der Waals surface area (Å²) < 4.78 is 1.82. The first-order valence-electron chi connectivity index (χ1n) is 12.3. The zero-order valence-corrected chi connectivity index (χ0v) is 18.5. The van der Waals surface area contributed by atoms with Crippen molar-refractivity contribution in [2.45, 2.75) is 70.1 Å². The fourth-order valence-corrected chi connectivity index (χ4v) is 5.72. The van der Waals surface area contributed by atoms with Gasteiger partial charge in [-0.05, 0) is 68.6 Å². The summed E-state index contributed by atoms with van der Waals surface area (Å²) in [6, 6.07) is 4.30. The third-order valence-corrected chi connectivity index (χ3v) is 7.65. The van der Waals surface area contributed by atoms with E-state index >= 15 is 0 Å². The Labute approximate surface area is 184 Å². The predicted molar refractivity (Wildman–Crippen MR) is 120 cm³/mol. The van der Waals surface area contributed by atoms with Crippen LogP contribution in [-0.2, 0) is 4.79 Å². The molecule has 2 aromatic rings. The van der Waals surface area contributed by atoms with Crippen LogP contribution in [0.2, 0.25) is 0 Å². The van der Waals surface area contributed by atoms with Crippen molar-refractivity contribution in [1.82, 2.24) is 19.4 Å². The zero-order chi connectivity index (χ0) is 21.2. The Morgan fingerprint density at radius 3 is 2.29 bits per heavy atom. The van der Waals surface area contributed by atoms with Crippen molar-refractivity contribution in [1.29, 1.82) is 0 Å². The monoisotopic (exact) mass is 422 g/mol. The van der Waals surface area contributed by atoms with E-state index in [1.165, 1.54) is 31.2 Å². The van der Waals surface area contributed by atoms with Gasteiger partial charge in [0.05, 0.1) is 17.3 Å². The molecule has 0 atom stereocenters. The maximum Gasteiger partial charge on any atom is 0.257 e. The number of carbonyl (C=O) groups excluding carboxylic acids is 2. The number of aromatic nitrogens is 2. The Kier molecular flexibility index (Phi) is 5.97. The molecule has 2 aliphatic heterocycles. The van der Waals surface area contributed by atoms with Crippen LogP contribution in [0.3, 0.4) is 0 Å². The van der Waals surface area contributed by atoms with E-state index in [1.54, 1.807) is 6.20 Å². The fourth-order valence-electron chi connectivity index (χ4n) is 5.72. The molecule has 2 amide bonds. The van der Waals surface area contributed by atoms with Crippen LogP contribution in [0.5, 0.6) is 0 Å². The minimum atomic E-state index is 0.111. The Bertz CT molecular complexity index is 932. The van der Waals surface area contributed by atoms with Crippen LogP contribution >= 0.6 is 0 Å². The molecule has 1 aliphatic carbocycles. The maximum absolute atomic E-state index is 13.1. The lowest BCUT2D eigenvalue weighted by molar-refractivity contribution is -0.137. The molecule has 2 aromatic heterocycles. The predicted octanol–water partition coefficient (Wildman–Crippen LogP) is 4.25. The molecule has 4 heterocycles. The van der Waals surface area contributed by atoms with Crippen molar-refractivity contribution < 1.29 is 9.59 Å². The van der Waals surface area contributed by atoms with E-state index in [-0.39, 0.29) is 11.8 Å². The first kappa shape index (κ1) is 20.5. The number of carbonyl (C=O) groups is 2. The van der Waals surface area contributed by atoms with Crippen LogP contribution in [0, 0.1) is 5.92 Å². The second kappa shape index (κ2) is 9.01. The Morgan fingerprint density at radius 1 is 0.839 bits per heavy atom.